The van der Waals surface area contributed by atoms with E-state index in [-0.39, 0.29) is 17.7 Å². The molecule has 132 valence electrons. The second kappa shape index (κ2) is 8.83. The fraction of sp³-hybridized carbons (Fsp3) is 0.579. The lowest BCUT2D eigenvalue weighted by molar-refractivity contribution is -0.140. The molecule has 1 saturated carbocycles. The lowest BCUT2D eigenvalue weighted by Gasteiger charge is -2.36. The molecule has 1 aliphatic rings. The Labute approximate surface area is 143 Å². The minimum absolute atomic E-state index is 0.118. The number of nitrogens with one attached hydrogen (secondary N) is 1. The zero-order chi connectivity index (χ0) is 17.4. The summed E-state index contributed by atoms with van der Waals surface area (Å²) < 4.78 is 0. The van der Waals surface area contributed by atoms with Crippen molar-refractivity contribution in [1.29, 1.82) is 0 Å². The Balaban J connectivity index is 1.82. The fourth-order valence-electron chi connectivity index (χ4n) is 3.54. The molecule has 0 heterocycles. The molecule has 0 aromatic heterocycles. The van der Waals surface area contributed by atoms with Gasteiger partial charge < -0.3 is 16.2 Å². The van der Waals surface area contributed by atoms with E-state index in [2.05, 4.69) is 5.32 Å². The van der Waals surface area contributed by atoms with Crippen LogP contribution in [0.1, 0.15) is 50.5 Å². The summed E-state index contributed by atoms with van der Waals surface area (Å²) in [7, 11) is 0. The Bertz CT molecular complexity index is 539. The molecule has 0 aliphatic heterocycles. The average molecular weight is 332 g/mol. The highest BCUT2D eigenvalue weighted by Crippen LogP contribution is 2.38. The number of carbonyl (C=O) groups is 2. The molecule has 0 radical (unpaired) electrons. The Kier molecular flexibility index (Phi) is 6.79. The molecule has 24 heavy (non-hydrogen) atoms. The smallest absolute Gasteiger partial charge is 0.303 e. The van der Waals surface area contributed by atoms with Crippen LogP contribution in [0.2, 0.25) is 0 Å². The number of nitrogens with two attached hydrogens (primary N) is 1. The molecule has 0 unspecified atom stereocenters. The molecule has 5 heteroatoms. The molecule has 1 aromatic carbocycles. The fourth-order valence-corrected chi connectivity index (χ4v) is 3.54. The third-order valence-corrected chi connectivity index (χ3v) is 5.00. The third-order valence-electron chi connectivity index (χ3n) is 5.00. The summed E-state index contributed by atoms with van der Waals surface area (Å²) in [6.07, 6.45) is 6.39. The predicted molar refractivity (Wildman–Crippen MR) is 93.5 cm³/mol. The van der Waals surface area contributed by atoms with Gasteiger partial charge >= 0.3 is 5.97 Å². The van der Waals surface area contributed by atoms with E-state index in [4.69, 9.17) is 5.73 Å². The molecule has 1 fully saturated rings. The van der Waals surface area contributed by atoms with Crippen LogP contribution in [0, 0.1) is 5.41 Å². The van der Waals surface area contributed by atoms with Gasteiger partial charge in [0.1, 0.15) is 0 Å². The summed E-state index contributed by atoms with van der Waals surface area (Å²) in [5, 5.41) is 12.1. The standard InChI is InChI=1S/C19H28N2O3/c20-16(10-9-15-7-3-1-4-8-15)18(24)21-14-19(13-17(22)23)11-5-2-6-12-19/h1,3-4,7-8,16H,2,5-6,9-14,20H2,(H,21,24)(H,22,23)/t16-/m1/s1. The van der Waals surface area contributed by atoms with Crippen molar-refractivity contribution in [3.8, 4) is 0 Å². The van der Waals surface area contributed by atoms with Crippen LogP contribution in [0.4, 0.5) is 0 Å². The van der Waals surface area contributed by atoms with Gasteiger partial charge in [0.25, 0.3) is 0 Å². The molecule has 1 amide bonds. The van der Waals surface area contributed by atoms with Crippen molar-refractivity contribution in [1.82, 2.24) is 5.32 Å². The molecule has 1 atom stereocenters. The lowest BCUT2D eigenvalue weighted by Crippen LogP contribution is -2.46. The Morgan fingerprint density at radius 2 is 1.83 bits per heavy atom. The first-order valence-corrected chi connectivity index (χ1v) is 8.80. The minimum Gasteiger partial charge on any atom is -0.481 e. The van der Waals surface area contributed by atoms with Crippen LogP contribution < -0.4 is 11.1 Å². The van der Waals surface area contributed by atoms with E-state index in [1.54, 1.807) is 0 Å². The molecular weight excluding hydrogens is 304 g/mol. The number of amides is 1. The van der Waals surface area contributed by atoms with Gasteiger partial charge in [-0.1, -0.05) is 49.6 Å². The second-order valence-corrected chi connectivity index (χ2v) is 6.98. The number of carboxylic acid groups (broad SMARTS) is 1. The number of rotatable bonds is 8. The van der Waals surface area contributed by atoms with Crippen molar-refractivity contribution < 1.29 is 14.7 Å². The van der Waals surface area contributed by atoms with Crippen LogP contribution in [0.3, 0.4) is 0 Å². The molecule has 4 N–H and O–H groups in total. The monoisotopic (exact) mass is 332 g/mol. The molecule has 0 spiro atoms. The zero-order valence-electron chi connectivity index (χ0n) is 14.2. The van der Waals surface area contributed by atoms with Crippen LogP contribution in [0.15, 0.2) is 30.3 Å². The van der Waals surface area contributed by atoms with Crippen molar-refractivity contribution in [3.05, 3.63) is 35.9 Å². The van der Waals surface area contributed by atoms with Gasteiger partial charge in [-0.2, -0.15) is 0 Å². The highest BCUT2D eigenvalue weighted by molar-refractivity contribution is 5.81. The van der Waals surface area contributed by atoms with Crippen LogP contribution in [0.5, 0.6) is 0 Å². The first kappa shape index (κ1) is 18.5. The van der Waals surface area contributed by atoms with Crippen molar-refractivity contribution in [2.45, 2.75) is 57.4 Å². The lowest BCUT2D eigenvalue weighted by atomic mass is 9.71. The molecule has 5 nitrogen and oxygen atoms in total. The van der Waals surface area contributed by atoms with Crippen molar-refractivity contribution in [2.75, 3.05) is 6.54 Å². The number of aryl methyl sites for hydroxylation is 1. The second-order valence-electron chi connectivity index (χ2n) is 6.98. The van der Waals surface area contributed by atoms with Crippen molar-refractivity contribution in [3.63, 3.8) is 0 Å². The summed E-state index contributed by atoms with van der Waals surface area (Å²) in [6.45, 7) is 0.414. The summed E-state index contributed by atoms with van der Waals surface area (Å²) in [4.78, 5) is 23.4. The first-order valence-electron chi connectivity index (χ1n) is 8.80. The van der Waals surface area contributed by atoms with E-state index in [1.165, 1.54) is 0 Å². The van der Waals surface area contributed by atoms with E-state index in [0.717, 1.165) is 44.1 Å². The molecule has 1 aromatic rings. The Morgan fingerprint density at radius 3 is 2.46 bits per heavy atom. The van der Waals surface area contributed by atoms with Crippen molar-refractivity contribution >= 4 is 11.9 Å². The predicted octanol–water partition coefficient (Wildman–Crippen LogP) is 2.49. The summed E-state index contributed by atoms with van der Waals surface area (Å²) in [5.74, 6) is -0.971. The molecule has 0 saturated heterocycles. The van der Waals surface area contributed by atoms with Crippen LogP contribution in [0.25, 0.3) is 0 Å². The third kappa shape index (κ3) is 5.64. The van der Waals surface area contributed by atoms with Gasteiger partial charge in [0.15, 0.2) is 0 Å². The number of hydrogen-bond donors (Lipinski definition) is 3. The number of aliphatic carboxylic acids is 1. The average Bonchev–Trinajstić information content (AvgIpc) is 2.58. The highest BCUT2D eigenvalue weighted by atomic mass is 16.4. The van der Waals surface area contributed by atoms with E-state index in [1.807, 2.05) is 30.3 Å². The molecule has 1 aliphatic carbocycles. The van der Waals surface area contributed by atoms with Gasteiger partial charge in [-0.05, 0) is 36.7 Å². The number of hydrogen-bond acceptors (Lipinski definition) is 3. The van der Waals surface area contributed by atoms with Crippen LogP contribution >= 0.6 is 0 Å². The van der Waals surface area contributed by atoms with E-state index >= 15 is 0 Å². The summed E-state index contributed by atoms with van der Waals surface area (Å²) in [5.41, 5.74) is 6.85. The van der Waals surface area contributed by atoms with Gasteiger partial charge in [-0.25, -0.2) is 0 Å². The minimum atomic E-state index is -0.792. The maximum absolute atomic E-state index is 12.3. The van der Waals surface area contributed by atoms with E-state index in [0.29, 0.717) is 13.0 Å². The largest absolute Gasteiger partial charge is 0.481 e. The van der Waals surface area contributed by atoms with Gasteiger partial charge in [-0.15, -0.1) is 0 Å². The number of carbonyl (C=O) groups excluding carboxylic acids is 1. The van der Waals surface area contributed by atoms with Crippen LogP contribution in [-0.4, -0.2) is 29.6 Å². The molecule has 2 rings (SSSR count). The number of carboxylic acids is 1. The Morgan fingerprint density at radius 1 is 1.17 bits per heavy atom. The van der Waals surface area contributed by atoms with Gasteiger partial charge in [0.05, 0.1) is 12.5 Å². The SMILES string of the molecule is N[C@H](CCc1ccccc1)C(=O)NCC1(CC(=O)O)CCCCC1. The highest BCUT2D eigenvalue weighted by Gasteiger charge is 2.35. The molecule has 0 bridgehead atoms. The molecular formula is C19H28N2O3. The van der Waals surface area contributed by atoms with E-state index in [9.17, 15) is 14.7 Å². The Hall–Kier alpha value is -1.88. The summed E-state index contributed by atoms with van der Waals surface area (Å²) in [6, 6.07) is 9.39. The maximum Gasteiger partial charge on any atom is 0.303 e. The van der Waals surface area contributed by atoms with E-state index < -0.39 is 12.0 Å². The maximum atomic E-state index is 12.3. The van der Waals surface area contributed by atoms with Crippen molar-refractivity contribution in [2.24, 2.45) is 11.1 Å². The van der Waals surface area contributed by atoms with Crippen LogP contribution in [-0.2, 0) is 16.0 Å². The zero-order valence-corrected chi connectivity index (χ0v) is 14.2. The first-order chi connectivity index (χ1) is 11.5. The quantitative estimate of drug-likeness (QED) is 0.682. The summed E-state index contributed by atoms with van der Waals surface area (Å²) >= 11 is 0. The van der Waals surface area contributed by atoms with Gasteiger partial charge in [0.2, 0.25) is 5.91 Å². The van der Waals surface area contributed by atoms with Gasteiger partial charge in [0, 0.05) is 6.54 Å². The topological polar surface area (TPSA) is 92.4 Å². The van der Waals surface area contributed by atoms with Gasteiger partial charge in [-0.3, -0.25) is 9.59 Å². The number of benzene rings is 1. The normalized spacial score (nSPS) is 17.9.